The summed E-state index contributed by atoms with van der Waals surface area (Å²) in [6, 6.07) is 6.96. The lowest BCUT2D eigenvalue weighted by Gasteiger charge is -2.08. The number of nitrogens with zero attached hydrogens (tertiary/aromatic N) is 3. The Morgan fingerprint density at radius 2 is 2.15 bits per heavy atom. The van der Waals surface area contributed by atoms with Crippen LogP contribution in [0.15, 0.2) is 30.6 Å². The smallest absolute Gasteiger partial charge is 0.408 e. The maximum absolute atomic E-state index is 12.7. The molecule has 0 N–H and O–H groups in total. The number of ether oxygens (including phenoxy) is 1. The molecule has 0 aliphatic carbocycles. The van der Waals surface area contributed by atoms with Gasteiger partial charge >= 0.3 is 6.18 Å². The van der Waals surface area contributed by atoms with E-state index in [0.29, 0.717) is 29.2 Å². The van der Waals surface area contributed by atoms with Gasteiger partial charge in [0.05, 0.1) is 11.5 Å². The number of hydrogen-bond donors (Lipinski definition) is 0. The van der Waals surface area contributed by atoms with Crippen LogP contribution in [-0.2, 0) is 13.0 Å². The van der Waals surface area contributed by atoms with Crippen molar-refractivity contribution in [1.82, 2.24) is 14.8 Å². The highest BCUT2D eigenvalue weighted by Crippen LogP contribution is 2.43. The third kappa shape index (κ3) is 3.10. The molecule has 0 fully saturated rings. The molecule has 0 amide bonds. The van der Waals surface area contributed by atoms with E-state index in [1.165, 1.54) is 11.3 Å². The van der Waals surface area contributed by atoms with Crippen molar-refractivity contribution in [2.24, 2.45) is 0 Å². The lowest BCUT2D eigenvalue weighted by molar-refractivity contribution is -0.142. The van der Waals surface area contributed by atoms with Crippen molar-refractivity contribution in [2.75, 3.05) is 6.61 Å². The van der Waals surface area contributed by atoms with Crippen LogP contribution in [0.4, 0.5) is 13.2 Å². The molecule has 26 heavy (non-hydrogen) atoms. The Hall–Kier alpha value is -2.68. The van der Waals surface area contributed by atoms with Crippen molar-refractivity contribution >= 4 is 17.6 Å². The van der Waals surface area contributed by atoms with Crippen LogP contribution in [0.1, 0.15) is 15.9 Å². The van der Waals surface area contributed by atoms with E-state index in [2.05, 4.69) is 10.1 Å². The highest BCUT2D eigenvalue weighted by Gasteiger charge is 2.30. The second-order valence-electron chi connectivity index (χ2n) is 5.79. The number of hydrogen-bond acceptors (Lipinski definition) is 5. The Bertz CT molecular complexity index is 978. The zero-order valence-corrected chi connectivity index (χ0v) is 14.1. The largest absolute Gasteiger partial charge is 0.493 e. The second kappa shape index (κ2) is 6.24. The number of rotatable bonds is 3. The molecule has 0 unspecified atom stereocenters. The van der Waals surface area contributed by atoms with Gasteiger partial charge in [0.15, 0.2) is 5.82 Å². The van der Waals surface area contributed by atoms with E-state index >= 15 is 0 Å². The lowest BCUT2D eigenvalue weighted by Crippen LogP contribution is -2.19. The predicted octanol–water partition coefficient (Wildman–Crippen LogP) is 3.98. The molecule has 134 valence electrons. The van der Waals surface area contributed by atoms with Crippen molar-refractivity contribution in [2.45, 2.75) is 19.1 Å². The van der Waals surface area contributed by atoms with Gasteiger partial charge in [-0.05, 0) is 29.8 Å². The summed E-state index contributed by atoms with van der Waals surface area (Å²) in [7, 11) is 0. The van der Waals surface area contributed by atoms with Gasteiger partial charge in [-0.3, -0.25) is 4.79 Å². The van der Waals surface area contributed by atoms with Gasteiger partial charge in [0.1, 0.15) is 24.9 Å². The summed E-state index contributed by atoms with van der Waals surface area (Å²) in [4.78, 5) is 16.6. The van der Waals surface area contributed by atoms with Gasteiger partial charge in [-0.1, -0.05) is 0 Å². The van der Waals surface area contributed by atoms with Crippen LogP contribution in [0.5, 0.6) is 5.75 Å². The minimum Gasteiger partial charge on any atom is -0.493 e. The number of fused-ring (bicyclic) bond motifs is 3. The number of aldehydes is 1. The van der Waals surface area contributed by atoms with Crippen LogP contribution in [0.2, 0.25) is 0 Å². The monoisotopic (exact) mass is 379 g/mol. The molecular weight excluding hydrogens is 367 g/mol. The van der Waals surface area contributed by atoms with Crippen LogP contribution >= 0.6 is 11.3 Å². The van der Waals surface area contributed by atoms with E-state index in [-0.39, 0.29) is 5.82 Å². The number of carbonyl (C=O) groups excluding carboxylic acids is 1. The SMILES string of the molecule is O=Cc1ccc2c(c1)-c1sc(-c3ncnn3CC(F)(F)F)cc1CCO2. The van der Waals surface area contributed by atoms with E-state index in [4.69, 9.17) is 4.74 Å². The van der Waals surface area contributed by atoms with Crippen LogP contribution < -0.4 is 4.74 Å². The molecule has 2 aromatic heterocycles. The average molecular weight is 379 g/mol. The summed E-state index contributed by atoms with van der Waals surface area (Å²) < 4.78 is 44.8. The molecule has 4 rings (SSSR count). The zero-order valence-electron chi connectivity index (χ0n) is 13.3. The number of thiophene rings is 1. The summed E-state index contributed by atoms with van der Waals surface area (Å²) >= 11 is 1.32. The molecule has 1 aromatic carbocycles. The summed E-state index contributed by atoms with van der Waals surface area (Å²) in [5, 5.41) is 3.70. The molecule has 0 atom stereocenters. The van der Waals surface area contributed by atoms with Crippen LogP contribution in [0.25, 0.3) is 21.1 Å². The number of halogens is 3. The highest BCUT2D eigenvalue weighted by molar-refractivity contribution is 7.19. The minimum atomic E-state index is -4.38. The second-order valence-corrected chi connectivity index (χ2v) is 6.85. The molecule has 3 heterocycles. The van der Waals surface area contributed by atoms with Crippen LogP contribution in [0, 0.1) is 0 Å². The third-order valence-corrected chi connectivity index (χ3v) is 5.19. The van der Waals surface area contributed by atoms with Crippen molar-refractivity contribution in [3.8, 4) is 26.9 Å². The van der Waals surface area contributed by atoms with Gasteiger partial charge in [-0.15, -0.1) is 11.3 Å². The van der Waals surface area contributed by atoms with Crippen molar-refractivity contribution in [3.05, 3.63) is 41.7 Å². The van der Waals surface area contributed by atoms with Crippen LogP contribution in [-0.4, -0.2) is 33.8 Å². The summed E-state index contributed by atoms with van der Waals surface area (Å²) in [5.41, 5.74) is 2.23. The minimum absolute atomic E-state index is 0.175. The third-order valence-electron chi connectivity index (χ3n) is 3.99. The number of aromatic nitrogens is 3. The molecule has 0 bridgehead atoms. The predicted molar refractivity (Wildman–Crippen MR) is 89.4 cm³/mol. The zero-order chi connectivity index (χ0) is 18.3. The molecule has 5 nitrogen and oxygen atoms in total. The molecule has 1 aliphatic heterocycles. The Balaban J connectivity index is 1.80. The molecule has 0 saturated heterocycles. The van der Waals surface area contributed by atoms with Crippen molar-refractivity contribution < 1.29 is 22.7 Å². The fourth-order valence-corrected chi connectivity index (χ4v) is 4.12. The maximum atomic E-state index is 12.7. The van der Waals surface area contributed by atoms with Crippen molar-refractivity contribution in [1.29, 1.82) is 0 Å². The quantitative estimate of drug-likeness (QED) is 0.646. The first-order valence-electron chi connectivity index (χ1n) is 7.74. The maximum Gasteiger partial charge on any atom is 0.408 e. The lowest BCUT2D eigenvalue weighted by atomic mass is 10.1. The first-order valence-corrected chi connectivity index (χ1v) is 8.56. The molecule has 0 radical (unpaired) electrons. The fourth-order valence-electron chi connectivity index (χ4n) is 2.89. The van der Waals surface area contributed by atoms with Gasteiger partial charge in [0.2, 0.25) is 0 Å². The summed E-state index contributed by atoms with van der Waals surface area (Å²) in [5.74, 6) is 0.828. The Labute approximate surface area is 150 Å². The Kier molecular flexibility index (Phi) is 4.03. The van der Waals surface area contributed by atoms with E-state index < -0.39 is 12.7 Å². The van der Waals surface area contributed by atoms with E-state index in [0.717, 1.165) is 33.3 Å². The Morgan fingerprint density at radius 3 is 2.92 bits per heavy atom. The molecule has 0 spiro atoms. The normalized spacial score (nSPS) is 13.5. The molecule has 3 aromatic rings. The van der Waals surface area contributed by atoms with Gasteiger partial charge in [0, 0.05) is 22.4 Å². The Morgan fingerprint density at radius 1 is 1.31 bits per heavy atom. The summed E-state index contributed by atoms with van der Waals surface area (Å²) in [6.07, 6.45) is -1.90. The topological polar surface area (TPSA) is 57.0 Å². The highest BCUT2D eigenvalue weighted by atomic mass is 32.1. The van der Waals surface area contributed by atoms with Gasteiger partial charge < -0.3 is 4.74 Å². The van der Waals surface area contributed by atoms with Crippen LogP contribution in [0.3, 0.4) is 0 Å². The first kappa shape index (κ1) is 16.8. The van der Waals surface area contributed by atoms with Gasteiger partial charge in [-0.25, -0.2) is 9.67 Å². The van der Waals surface area contributed by atoms with E-state index in [9.17, 15) is 18.0 Å². The first-order chi connectivity index (χ1) is 12.4. The van der Waals surface area contributed by atoms with Gasteiger partial charge in [0.25, 0.3) is 0 Å². The number of benzene rings is 1. The molecule has 1 aliphatic rings. The average Bonchev–Trinajstić information content (AvgIpc) is 3.17. The van der Waals surface area contributed by atoms with E-state index in [1.54, 1.807) is 18.2 Å². The molecule has 9 heteroatoms. The molecular formula is C17H12F3N3O2S. The number of carbonyl (C=O) groups is 1. The van der Waals surface area contributed by atoms with Crippen molar-refractivity contribution in [3.63, 3.8) is 0 Å². The summed E-state index contributed by atoms with van der Waals surface area (Å²) in [6.45, 7) is -0.744. The standard InChI is InChI=1S/C17H12F3N3O2S/c18-17(19,20)8-23-16(21-9-22-23)14-6-11-3-4-25-13-2-1-10(7-24)5-12(13)15(11)26-14/h1-2,5-7,9H,3-4,8H2. The number of alkyl halides is 3. The molecule has 0 saturated carbocycles. The van der Waals surface area contributed by atoms with E-state index in [1.807, 2.05) is 6.07 Å². The fraction of sp³-hybridized carbons (Fsp3) is 0.235. The van der Waals surface area contributed by atoms with Gasteiger partial charge in [-0.2, -0.15) is 18.3 Å².